The zero-order valence-electron chi connectivity index (χ0n) is 25.9. The number of rotatable bonds is 28. The Kier molecular flexibility index (Phi) is 24.5. The molecule has 0 aliphatic carbocycles. The van der Waals surface area contributed by atoms with Crippen molar-refractivity contribution in [1.82, 2.24) is 0 Å². The topological polar surface area (TPSA) is 91.3 Å². The standard InChI is InChI=1S/C30H60NO7P/c1-6-7-8-9-10-11-12-13-14-15-16-17-18-19-20-21-22-23-25-35-27-30(38-29(2)32)28-37-39(33,34)36-26-24-31(3,4)5/h13-14,30H,6-12,15-28H2,1-5H3/p+1/b14-13-. The molecule has 0 spiro atoms. The Morgan fingerprint density at radius 3 is 1.79 bits per heavy atom. The predicted molar refractivity (Wildman–Crippen MR) is 160 cm³/mol. The lowest BCUT2D eigenvalue weighted by Gasteiger charge is -2.24. The van der Waals surface area contributed by atoms with Crippen LogP contribution in [0.4, 0.5) is 0 Å². The maximum Gasteiger partial charge on any atom is 0.472 e. The van der Waals surface area contributed by atoms with Crippen molar-refractivity contribution >= 4 is 13.8 Å². The Morgan fingerprint density at radius 1 is 0.769 bits per heavy atom. The van der Waals surface area contributed by atoms with E-state index >= 15 is 0 Å². The third-order valence-electron chi connectivity index (χ3n) is 6.38. The molecule has 0 aliphatic heterocycles. The number of esters is 1. The highest BCUT2D eigenvalue weighted by Gasteiger charge is 2.25. The summed E-state index contributed by atoms with van der Waals surface area (Å²) in [5.41, 5.74) is 0. The Labute approximate surface area is 240 Å². The van der Waals surface area contributed by atoms with Crippen molar-refractivity contribution in [1.29, 1.82) is 0 Å². The van der Waals surface area contributed by atoms with Gasteiger partial charge < -0.3 is 18.9 Å². The molecule has 0 rings (SSSR count). The zero-order valence-corrected chi connectivity index (χ0v) is 26.8. The van der Waals surface area contributed by atoms with E-state index in [-0.39, 0.29) is 19.8 Å². The van der Waals surface area contributed by atoms with E-state index in [4.69, 9.17) is 18.5 Å². The lowest BCUT2D eigenvalue weighted by Crippen LogP contribution is -2.37. The lowest BCUT2D eigenvalue weighted by atomic mass is 10.1. The first-order valence-electron chi connectivity index (χ1n) is 15.4. The Morgan fingerprint density at radius 2 is 1.28 bits per heavy atom. The van der Waals surface area contributed by atoms with Crippen LogP contribution in [0.3, 0.4) is 0 Å². The number of phosphoric ester groups is 1. The number of ether oxygens (including phenoxy) is 2. The Balaban J connectivity index is 3.71. The number of unbranched alkanes of at least 4 members (excludes halogenated alkanes) is 14. The molecule has 0 aromatic carbocycles. The van der Waals surface area contributed by atoms with Crippen LogP contribution in [0, 0.1) is 0 Å². The van der Waals surface area contributed by atoms with Crippen molar-refractivity contribution in [3.63, 3.8) is 0 Å². The average molecular weight is 579 g/mol. The van der Waals surface area contributed by atoms with Gasteiger partial charge in [-0.25, -0.2) is 4.57 Å². The molecule has 1 N–H and O–H groups in total. The minimum absolute atomic E-state index is 0.0860. The highest BCUT2D eigenvalue weighted by Crippen LogP contribution is 2.43. The van der Waals surface area contributed by atoms with Gasteiger partial charge in [-0.15, -0.1) is 0 Å². The number of quaternary nitrogens is 1. The van der Waals surface area contributed by atoms with Gasteiger partial charge in [0.2, 0.25) is 0 Å². The summed E-state index contributed by atoms with van der Waals surface area (Å²) in [6.45, 7) is 4.61. The van der Waals surface area contributed by atoms with E-state index in [1.54, 1.807) is 0 Å². The van der Waals surface area contributed by atoms with E-state index in [0.717, 1.165) is 12.8 Å². The Hall–Kier alpha value is -0.760. The molecule has 0 saturated heterocycles. The first-order valence-corrected chi connectivity index (χ1v) is 16.9. The van der Waals surface area contributed by atoms with E-state index < -0.39 is 19.9 Å². The number of likely N-dealkylation sites (N-methyl/N-ethyl adjacent to an activating group) is 1. The van der Waals surface area contributed by atoms with Gasteiger partial charge >= 0.3 is 13.8 Å². The molecule has 9 heteroatoms. The molecule has 0 heterocycles. The molecule has 8 nitrogen and oxygen atoms in total. The van der Waals surface area contributed by atoms with Crippen LogP contribution in [0.1, 0.15) is 117 Å². The van der Waals surface area contributed by atoms with E-state index in [0.29, 0.717) is 17.6 Å². The van der Waals surface area contributed by atoms with Gasteiger partial charge in [-0.2, -0.15) is 0 Å². The van der Waals surface area contributed by atoms with Crippen molar-refractivity contribution in [2.45, 2.75) is 123 Å². The van der Waals surface area contributed by atoms with Gasteiger partial charge in [0.1, 0.15) is 19.3 Å². The summed E-state index contributed by atoms with van der Waals surface area (Å²) >= 11 is 0. The molecule has 0 radical (unpaired) electrons. The van der Waals surface area contributed by atoms with Gasteiger partial charge in [-0.1, -0.05) is 89.7 Å². The summed E-state index contributed by atoms with van der Waals surface area (Å²) in [4.78, 5) is 21.2. The molecular formula is C30H61NO7P+. The molecule has 232 valence electrons. The molecule has 0 aromatic rings. The summed E-state index contributed by atoms with van der Waals surface area (Å²) in [5.74, 6) is -0.491. The monoisotopic (exact) mass is 578 g/mol. The molecule has 0 amide bonds. The van der Waals surface area contributed by atoms with E-state index in [9.17, 15) is 14.3 Å². The van der Waals surface area contributed by atoms with Gasteiger partial charge in [-0.3, -0.25) is 13.8 Å². The second-order valence-corrected chi connectivity index (χ2v) is 13.0. The summed E-state index contributed by atoms with van der Waals surface area (Å²) in [6, 6.07) is 0. The number of carbonyl (C=O) groups excluding carboxylic acids is 1. The summed E-state index contributed by atoms with van der Waals surface area (Å²) in [7, 11) is 1.66. The fourth-order valence-corrected chi connectivity index (χ4v) is 4.76. The molecule has 39 heavy (non-hydrogen) atoms. The molecule has 0 aromatic heterocycles. The third kappa shape index (κ3) is 30.0. The van der Waals surface area contributed by atoms with Crippen molar-refractivity contribution in [2.75, 3.05) is 54.1 Å². The minimum Gasteiger partial charge on any atom is -0.458 e. The van der Waals surface area contributed by atoms with Gasteiger partial charge in [0.25, 0.3) is 0 Å². The van der Waals surface area contributed by atoms with Crippen LogP contribution >= 0.6 is 7.82 Å². The molecule has 2 unspecified atom stereocenters. The smallest absolute Gasteiger partial charge is 0.458 e. The lowest BCUT2D eigenvalue weighted by molar-refractivity contribution is -0.870. The third-order valence-corrected chi connectivity index (χ3v) is 7.36. The average Bonchev–Trinajstić information content (AvgIpc) is 2.84. The number of carbonyl (C=O) groups is 1. The van der Waals surface area contributed by atoms with E-state index in [1.807, 2.05) is 21.1 Å². The molecular weight excluding hydrogens is 517 g/mol. The number of allylic oxidation sites excluding steroid dienone is 2. The maximum atomic E-state index is 12.1. The molecule has 0 saturated carbocycles. The minimum atomic E-state index is -4.22. The van der Waals surface area contributed by atoms with E-state index in [1.165, 1.54) is 96.8 Å². The second-order valence-electron chi connectivity index (χ2n) is 11.6. The quantitative estimate of drug-likeness (QED) is 0.0336. The maximum absolute atomic E-state index is 12.1. The van der Waals surface area contributed by atoms with Gasteiger partial charge in [0, 0.05) is 13.5 Å². The fraction of sp³-hybridized carbons (Fsp3) is 0.900. The van der Waals surface area contributed by atoms with Gasteiger partial charge in [0.05, 0.1) is 34.4 Å². The summed E-state index contributed by atoms with van der Waals surface area (Å²) in [5, 5.41) is 0. The van der Waals surface area contributed by atoms with Crippen LogP contribution in [-0.4, -0.2) is 75.6 Å². The molecule has 0 bridgehead atoms. The van der Waals surface area contributed by atoms with Crippen LogP contribution in [0.5, 0.6) is 0 Å². The zero-order chi connectivity index (χ0) is 29.2. The second kappa shape index (κ2) is 25.0. The van der Waals surface area contributed by atoms with Crippen LogP contribution in [0.25, 0.3) is 0 Å². The summed E-state index contributed by atoms with van der Waals surface area (Å²) < 4.78 is 33.5. The SMILES string of the molecule is CCCCCCCC/C=C\CCCCCCCCCCOCC(COP(=O)(O)OCC[N+](C)(C)C)OC(C)=O. The highest BCUT2D eigenvalue weighted by molar-refractivity contribution is 7.47. The van der Waals surface area contributed by atoms with Crippen molar-refractivity contribution in [3.05, 3.63) is 12.2 Å². The van der Waals surface area contributed by atoms with Crippen molar-refractivity contribution < 1.29 is 37.3 Å². The first-order chi connectivity index (χ1) is 18.6. The van der Waals surface area contributed by atoms with Crippen LogP contribution in [-0.2, 0) is 27.9 Å². The number of phosphoric acid groups is 1. The largest absolute Gasteiger partial charge is 0.472 e. The van der Waals surface area contributed by atoms with E-state index in [2.05, 4.69) is 19.1 Å². The van der Waals surface area contributed by atoms with Crippen LogP contribution < -0.4 is 0 Å². The van der Waals surface area contributed by atoms with Crippen LogP contribution in [0.15, 0.2) is 12.2 Å². The molecule has 2 atom stereocenters. The highest BCUT2D eigenvalue weighted by atomic mass is 31.2. The summed E-state index contributed by atoms with van der Waals surface area (Å²) in [6.07, 6.45) is 24.3. The van der Waals surface area contributed by atoms with Crippen LogP contribution in [0.2, 0.25) is 0 Å². The molecule has 0 fully saturated rings. The number of hydrogen-bond acceptors (Lipinski definition) is 6. The fourth-order valence-electron chi connectivity index (χ4n) is 4.02. The van der Waals surface area contributed by atoms with Gasteiger partial charge in [-0.05, 0) is 32.1 Å². The van der Waals surface area contributed by atoms with Gasteiger partial charge in [0.15, 0.2) is 0 Å². The predicted octanol–water partition coefficient (Wildman–Crippen LogP) is 7.59. The first kappa shape index (κ1) is 38.2. The number of nitrogens with zero attached hydrogens (tertiary/aromatic N) is 1. The van der Waals surface area contributed by atoms with Crippen molar-refractivity contribution in [3.8, 4) is 0 Å². The molecule has 0 aliphatic rings. The van der Waals surface area contributed by atoms with Crippen molar-refractivity contribution in [2.24, 2.45) is 0 Å². The number of hydrogen-bond donors (Lipinski definition) is 1. The Bertz CT molecular complexity index is 652. The normalized spacial score (nSPS) is 14.5.